The highest BCUT2D eigenvalue weighted by atomic mass is 15.2. The first-order chi connectivity index (χ1) is 7.59. The molecule has 3 heteroatoms. The van der Waals surface area contributed by atoms with Gasteiger partial charge in [0.1, 0.15) is 5.54 Å². The van der Waals surface area contributed by atoms with Crippen LogP contribution >= 0.6 is 0 Å². The Bertz CT molecular complexity index is 238. The molecule has 1 unspecified atom stereocenters. The summed E-state index contributed by atoms with van der Waals surface area (Å²) in [5, 5.41) is 8.80. The van der Waals surface area contributed by atoms with Crippen LogP contribution in [0.1, 0.15) is 52.4 Å². The monoisotopic (exact) mass is 223 g/mol. The molecular weight excluding hydrogens is 198 g/mol. The van der Waals surface area contributed by atoms with E-state index >= 15 is 0 Å². The Hall–Kier alpha value is -0.590. The zero-order valence-electron chi connectivity index (χ0n) is 10.7. The molecule has 1 aliphatic rings. The fourth-order valence-electron chi connectivity index (χ4n) is 2.07. The number of nitrogens with zero attached hydrogens (tertiary/aromatic N) is 2. The lowest BCUT2D eigenvalue weighted by Crippen LogP contribution is -2.34. The van der Waals surface area contributed by atoms with E-state index in [-0.39, 0.29) is 0 Å². The van der Waals surface area contributed by atoms with Crippen LogP contribution in [0.3, 0.4) is 0 Å². The molecule has 1 fully saturated rings. The lowest BCUT2D eigenvalue weighted by Gasteiger charge is -2.22. The molecule has 16 heavy (non-hydrogen) atoms. The van der Waals surface area contributed by atoms with E-state index in [0.717, 1.165) is 18.9 Å². The van der Waals surface area contributed by atoms with Crippen molar-refractivity contribution < 1.29 is 0 Å². The number of unbranched alkanes of at least 4 members (excludes halogenated alkanes) is 1. The number of rotatable bonds is 8. The van der Waals surface area contributed by atoms with Crippen molar-refractivity contribution in [3.05, 3.63) is 0 Å². The van der Waals surface area contributed by atoms with E-state index in [1.54, 1.807) is 0 Å². The Kier molecular flexibility index (Phi) is 5.24. The molecule has 0 radical (unpaired) electrons. The summed E-state index contributed by atoms with van der Waals surface area (Å²) in [4.78, 5) is 2.60. The van der Waals surface area contributed by atoms with Crippen LogP contribution in [0.15, 0.2) is 0 Å². The second-order valence-corrected chi connectivity index (χ2v) is 5.25. The van der Waals surface area contributed by atoms with Crippen LogP contribution in [0.5, 0.6) is 0 Å². The fraction of sp³-hybridized carbons (Fsp3) is 0.923. The van der Waals surface area contributed by atoms with Crippen molar-refractivity contribution in [2.75, 3.05) is 13.1 Å². The van der Waals surface area contributed by atoms with Gasteiger partial charge in [0.2, 0.25) is 0 Å². The second kappa shape index (κ2) is 6.22. The molecule has 92 valence electrons. The van der Waals surface area contributed by atoms with Crippen molar-refractivity contribution in [2.24, 2.45) is 5.73 Å². The first-order valence-corrected chi connectivity index (χ1v) is 6.53. The van der Waals surface area contributed by atoms with Crippen LogP contribution in [-0.4, -0.2) is 29.6 Å². The van der Waals surface area contributed by atoms with Gasteiger partial charge in [0.15, 0.2) is 0 Å². The normalized spacial score (nSPS) is 19.4. The molecule has 0 aromatic carbocycles. The highest BCUT2D eigenvalue weighted by Gasteiger charge is 2.27. The highest BCUT2D eigenvalue weighted by Crippen LogP contribution is 2.27. The topological polar surface area (TPSA) is 53.0 Å². The van der Waals surface area contributed by atoms with Gasteiger partial charge in [-0.05, 0) is 58.5 Å². The van der Waals surface area contributed by atoms with Gasteiger partial charge in [-0.3, -0.25) is 0 Å². The molecule has 0 spiro atoms. The molecule has 3 nitrogen and oxygen atoms in total. The molecule has 1 rings (SSSR count). The average Bonchev–Trinajstić information content (AvgIpc) is 3.06. The Labute approximate surface area is 99.6 Å². The van der Waals surface area contributed by atoms with Crippen molar-refractivity contribution in [3.63, 3.8) is 0 Å². The third-order valence-corrected chi connectivity index (χ3v) is 3.22. The Morgan fingerprint density at radius 3 is 2.56 bits per heavy atom. The summed E-state index contributed by atoms with van der Waals surface area (Å²) in [6, 6.07) is 3.02. The van der Waals surface area contributed by atoms with Crippen LogP contribution < -0.4 is 5.73 Å². The van der Waals surface area contributed by atoms with E-state index < -0.39 is 5.54 Å². The summed E-state index contributed by atoms with van der Waals surface area (Å²) in [6.07, 6.45) is 7.05. The predicted molar refractivity (Wildman–Crippen MR) is 66.9 cm³/mol. The smallest absolute Gasteiger partial charge is 0.101 e. The molecule has 1 aliphatic carbocycles. The van der Waals surface area contributed by atoms with Crippen molar-refractivity contribution in [2.45, 2.75) is 64.0 Å². The van der Waals surface area contributed by atoms with Gasteiger partial charge in [-0.2, -0.15) is 5.26 Å². The first-order valence-electron chi connectivity index (χ1n) is 6.53. The number of hydrogen-bond donors (Lipinski definition) is 1. The van der Waals surface area contributed by atoms with Gasteiger partial charge in [0.25, 0.3) is 0 Å². The van der Waals surface area contributed by atoms with E-state index in [0.29, 0.717) is 0 Å². The molecule has 1 atom stereocenters. The number of nitrogens with two attached hydrogens (primary N) is 1. The van der Waals surface area contributed by atoms with E-state index in [4.69, 9.17) is 11.0 Å². The van der Waals surface area contributed by atoms with Gasteiger partial charge < -0.3 is 10.6 Å². The van der Waals surface area contributed by atoms with Crippen molar-refractivity contribution >= 4 is 0 Å². The van der Waals surface area contributed by atoms with Gasteiger partial charge >= 0.3 is 0 Å². The fourth-order valence-corrected chi connectivity index (χ4v) is 2.07. The van der Waals surface area contributed by atoms with Gasteiger partial charge in [0.05, 0.1) is 6.07 Å². The summed E-state index contributed by atoms with van der Waals surface area (Å²) in [5.41, 5.74) is 5.16. The van der Waals surface area contributed by atoms with E-state index in [2.05, 4.69) is 17.9 Å². The van der Waals surface area contributed by atoms with Crippen LogP contribution in [0.4, 0.5) is 0 Å². The summed E-state index contributed by atoms with van der Waals surface area (Å²) >= 11 is 0. The predicted octanol–water partition coefficient (Wildman–Crippen LogP) is 2.27. The first kappa shape index (κ1) is 13.5. The van der Waals surface area contributed by atoms with Crippen molar-refractivity contribution in [3.8, 4) is 6.07 Å². The van der Waals surface area contributed by atoms with Gasteiger partial charge in [0, 0.05) is 6.04 Å². The van der Waals surface area contributed by atoms with Crippen molar-refractivity contribution in [1.82, 2.24) is 4.90 Å². The molecule has 0 aliphatic heterocycles. The Balaban J connectivity index is 2.11. The van der Waals surface area contributed by atoms with Gasteiger partial charge in [-0.1, -0.05) is 6.92 Å². The summed E-state index contributed by atoms with van der Waals surface area (Å²) in [5.74, 6) is 0. The zero-order chi connectivity index (χ0) is 12.0. The molecule has 0 saturated heterocycles. The maximum atomic E-state index is 8.80. The van der Waals surface area contributed by atoms with Crippen LogP contribution in [0, 0.1) is 11.3 Å². The number of hydrogen-bond acceptors (Lipinski definition) is 3. The lowest BCUT2D eigenvalue weighted by atomic mass is 9.98. The maximum Gasteiger partial charge on any atom is 0.101 e. The largest absolute Gasteiger partial charge is 0.314 e. The molecule has 0 amide bonds. The quantitative estimate of drug-likeness (QED) is 0.642. The van der Waals surface area contributed by atoms with Crippen LogP contribution in [-0.2, 0) is 0 Å². The Morgan fingerprint density at radius 1 is 1.38 bits per heavy atom. The molecule has 1 saturated carbocycles. The van der Waals surface area contributed by atoms with E-state index in [1.807, 2.05) is 6.92 Å². The minimum absolute atomic E-state index is 0.630. The third-order valence-electron chi connectivity index (χ3n) is 3.22. The SMILES string of the molecule is CCCN(CCCCC(C)(N)C#N)C1CC1. The summed E-state index contributed by atoms with van der Waals surface area (Å²) in [6.45, 7) is 6.46. The zero-order valence-corrected chi connectivity index (χ0v) is 10.7. The molecule has 0 heterocycles. The van der Waals surface area contributed by atoms with E-state index in [1.165, 1.54) is 38.8 Å². The molecule has 2 N–H and O–H groups in total. The standard InChI is InChI=1S/C13H25N3/c1-3-9-16(12-6-7-12)10-5-4-8-13(2,15)11-14/h12H,3-10,15H2,1-2H3. The van der Waals surface area contributed by atoms with Crippen LogP contribution in [0.2, 0.25) is 0 Å². The van der Waals surface area contributed by atoms with Gasteiger partial charge in [-0.15, -0.1) is 0 Å². The third kappa shape index (κ3) is 4.96. The lowest BCUT2D eigenvalue weighted by molar-refractivity contribution is 0.255. The van der Waals surface area contributed by atoms with E-state index in [9.17, 15) is 0 Å². The van der Waals surface area contributed by atoms with Gasteiger partial charge in [-0.25, -0.2) is 0 Å². The average molecular weight is 223 g/mol. The summed E-state index contributed by atoms with van der Waals surface area (Å²) in [7, 11) is 0. The molecular formula is C13H25N3. The second-order valence-electron chi connectivity index (χ2n) is 5.25. The molecule has 0 aromatic heterocycles. The molecule has 0 bridgehead atoms. The number of nitriles is 1. The Morgan fingerprint density at radius 2 is 2.06 bits per heavy atom. The minimum atomic E-state index is -0.630. The summed E-state index contributed by atoms with van der Waals surface area (Å²) < 4.78 is 0. The molecule has 0 aromatic rings. The highest BCUT2D eigenvalue weighted by molar-refractivity contribution is 5.00. The van der Waals surface area contributed by atoms with Crippen molar-refractivity contribution in [1.29, 1.82) is 5.26 Å². The maximum absolute atomic E-state index is 8.80. The van der Waals surface area contributed by atoms with Crippen LogP contribution in [0.25, 0.3) is 0 Å². The minimum Gasteiger partial charge on any atom is -0.314 e.